The fourth-order valence-corrected chi connectivity index (χ4v) is 7.02. The first-order valence-electron chi connectivity index (χ1n) is 11.5. The molecule has 2 bridgehead atoms. The third-order valence-corrected chi connectivity index (χ3v) is 9.27. The van der Waals surface area contributed by atoms with Crippen LogP contribution < -0.4 is 10.0 Å². The Morgan fingerprint density at radius 3 is 2.68 bits per heavy atom. The SMILES string of the molecule is CC(=O)Nc1ccc(S(=O)(=O)NC[C@H]2C[C@@H]3CCN2C[C@@H]3c2cc(-c3cccs3)nn2C)cc1. The van der Waals surface area contributed by atoms with Gasteiger partial charge in [0.2, 0.25) is 15.9 Å². The molecule has 8 nitrogen and oxygen atoms in total. The molecule has 3 fully saturated rings. The first-order valence-corrected chi connectivity index (χ1v) is 13.9. The van der Waals surface area contributed by atoms with Crippen molar-refractivity contribution < 1.29 is 13.2 Å². The normalized spacial score (nSPS) is 24.3. The Labute approximate surface area is 204 Å². The maximum absolute atomic E-state index is 12.8. The van der Waals surface area contributed by atoms with Crippen LogP contribution in [-0.2, 0) is 21.9 Å². The van der Waals surface area contributed by atoms with Crippen LogP contribution in [0.1, 0.15) is 31.4 Å². The molecule has 0 spiro atoms. The van der Waals surface area contributed by atoms with Crippen molar-refractivity contribution in [1.82, 2.24) is 19.4 Å². The minimum Gasteiger partial charge on any atom is -0.326 e. The van der Waals surface area contributed by atoms with Gasteiger partial charge in [-0.1, -0.05) is 6.07 Å². The van der Waals surface area contributed by atoms with E-state index >= 15 is 0 Å². The second-order valence-electron chi connectivity index (χ2n) is 9.15. The fourth-order valence-electron chi connectivity index (χ4n) is 5.27. The van der Waals surface area contributed by atoms with E-state index in [0.29, 0.717) is 24.1 Å². The maximum atomic E-state index is 12.8. The number of aryl methyl sites for hydroxylation is 1. The van der Waals surface area contributed by atoms with Gasteiger partial charge in [0.25, 0.3) is 0 Å². The van der Waals surface area contributed by atoms with E-state index in [1.54, 1.807) is 23.5 Å². The van der Waals surface area contributed by atoms with E-state index in [1.807, 2.05) is 17.8 Å². The molecule has 2 aromatic heterocycles. The molecule has 3 saturated heterocycles. The summed E-state index contributed by atoms with van der Waals surface area (Å²) in [6.07, 6.45) is 2.09. The molecule has 10 heteroatoms. The van der Waals surface area contributed by atoms with E-state index < -0.39 is 10.0 Å². The highest BCUT2D eigenvalue weighted by Crippen LogP contribution is 2.42. The number of hydrogen-bond donors (Lipinski definition) is 2. The van der Waals surface area contributed by atoms with Crippen LogP contribution in [0.5, 0.6) is 0 Å². The van der Waals surface area contributed by atoms with E-state index in [0.717, 1.165) is 31.6 Å². The number of fused-ring (bicyclic) bond motifs is 3. The highest BCUT2D eigenvalue weighted by atomic mass is 32.2. The predicted octanol–water partition coefficient (Wildman–Crippen LogP) is 3.26. The summed E-state index contributed by atoms with van der Waals surface area (Å²) in [5.74, 6) is 0.736. The molecule has 1 unspecified atom stereocenters. The molecule has 0 saturated carbocycles. The monoisotopic (exact) mass is 499 g/mol. The molecule has 6 rings (SSSR count). The number of nitrogens with zero attached hydrogens (tertiary/aromatic N) is 3. The van der Waals surface area contributed by atoms with Crippen molar-refractivity contribution in [2.75, 3.05) is 25.0 Å². The lowest BCUT2D eigenvalue weighted by atomic mass is 9.74. The summed E-state index contributed by atoms with van der Waals surface area (Å²) >= 11 is 1.70. The topological polar surface area (TPSA) is 96.3 Å². The zero-order valence-electron chi connectivity index (χ0n) is 19.3. The molecule has 3 aliphatic rings. The Balaban J connectivity index is 1.23. The summed E-state index contributed by atoms with van der Waals surface area (Å²) in [5, 5.41) is 9.47. The summed E-state index contributed by atoms with van der Waals surface area (Å²) in [7, 11) is -1.60. The summed E-state index contributed by atoms with van der Waals surface area (Å²) in [5.41, 5.74) is 2.86. The van der Waals surface area contributed by atoms with E-state index in [1.165, 1.54) is 29.6 Å². The molecule has 3 aliphatic heterocycles. The Kier molecular flexibility index (Phi) is 6.32. The number of carbonyl (C=O) groups excluding carboxylic acids is 1. The Hall–Kier alpha value is -2.53. The molecule has 180 valence electrons. The van der Waals surface area contributed by atoms with Crippen LogP contribution in [0.4, 0.5) is 5.69 Å². The molecule has 4 atom stereocenters. The fraction of sp³-hybridized carbons (Fsp3) is 0.417. The molecule has 0 radical (unpaired) electrons. The van der Waals surface area contributed by atoms with Crippen LogP contribution >= 0.6 is 11.3 Å². The van der Waals surface area contributed by atoms with Gasteiger partial charge in [-0.2, -0.15) is 5.10 Å². The average molecular weight is 500 g/mol. The molecule has 1 aromatic carbocycles. The van der Waals surface area contributed by atoms with Crippen LogP contribution in [-0.4, -0.2) is 54.7 Å². The quantitative estimate of drug-likeness (QED) is 0.520. The van der Waals surface area contributed by atoms with E-state index in [-0.39, 0.29) is 16.8 Å². The number of carbonyl (C=O) groups is 1. The Bertz CT molecular complexity index is 1270. The van der Waals surface area contributed by atoms with Gasteiger partial charge in [-0.15, -0.1) is 11.3 Å². The number of benzene rings is 1. The Morgan fingerprint density at radius 2 is 2.03 bits per heavy atom. The largest absolute Gasteiger partial charge is 0.326 e. The van der Waals surface area contributed by atoms with Gasteiger partial charge in [-0.05, 0) is 67.1 Å². The smallest absolute Gasteiger partial charge is 0.240 e. The van der Waals surface area contributed by atoms with E-state index in [2.05, 4.69) is 32.5 Å². The average Bonchev–Trinajstić information content (AvgIpc) is 3.48. The second kappa shape index (κ2) is 9.26. The molecule has 3 aromatic rings. The zero-order chi connectivity index (χ0) is 23.9. The van der Waals surface area contributed by atoms with Crippen molar-refractivity contribution >= 4 is 33.0 Å². The number of aromatic nitrogens is 2. The number of amides is 1. The predicted molar refractivity (Wildman–Crippen MR) is 133 cm³/mol. The first kappa shape index (κ1) is 23.2. The summed E-state index contributed by atoms with van der Waals surface area (Å²) in [6.45, 7) is 3.73. The minimum atomic E-state index is -3.62. The molecular formula is C24H29N5O3S2. The number of nitrogens with one attached hydrogen (secondary N) is 2. The second-order valence-corrected chi connectivity index (χ2v) is 11.9. The standard InChI is InChI=1S/C24H29N5O3S2/c1-16(30)26-18-5-7-20(8-6-18)34(31,32)25-14-19-12-17-9-10-29(19)15-21(17)23-13-22(27-28(23)2)24-4-3-11-33-24/h3-8,11,13,17,19,21,25H,9-10,12,14-15H2,1-2H3,(H,26,30)/t17-,19+,21-/m0/s1. The van der Waals surface area contributed by atoms with Crippen molar-refractivity contribution in [1.29, 1.82) is 0 Å². The van der Waals surface area contributed by atoms with Crippen LogP contribution in [0.25, 0.3) is 10.6 Å². The van der Waals surface area contributed by atoms with Crippen LogP contribution in [0, 0.1) is 5.92 Å². The van der Waals surface area contributed by atoms with Gasteiger partial charge in [0.1, 0.15) is 5.69 Å². The summed E-state index contributed by atoms with van der Waals surface area (Å²) < 4.78 is 30.5. The lowest BCUT2D eigenvalue weighted by Crippen LogP contribution is -2.56. The number of hydrogen-bond acceptors (Lipinski definition) is 6. The highest BCUT2D eigenvalue weighted by molar-refractivity contribution is 7.89. The van der Waals surface area contributed by atoms with E-state index in [9.17, 15) is 13.2 Å². The number of rotatable bonds is 7. The molecule has 34 heavy (non-hydrogen) atoms. The minimum absolute atomic E-state index is 0.188. The Morgan fingerprint density at radius 1 is 1.24 bits per heavy atom. The zero-order valence-corrected chi connectivity index (χ0v) is 20.9. The highest BCUT2D eigenvalue weighted by Gasteiger charge is 2.42. The van der Waals surface area contributed by atoms with Crippen molar-refractivity contribution in [2.45, 2.75) is 36.6 Å². The third kappa shape index (κ3) is 4.68. The van der Waals surface area contributed by atoms with Gasteiger partial charge in [0.15, 0.2) is 0 Å². The number of anilines is 1. The van der Waals surface area contributed by atoms with Crippen molar-refractivity contribution in [2.24, 2.45) is 13.0 Å². The number of piperidine rings is 3. The maximum Gasteiger partial charge on any atom is 0.240 e. The van der Waals surface area contributed by atoms with E-state index in [4.69, 9.17) is 5.10 Å². The van der Waals surface area contributed by atoms with Gasteiger partial charge < -0.3 is 5.32 Å². The van der Waals surface area contributed by atoms with Gasteiger partial charge in [0.05, 0.1) is 9.77 Å². The lowest BCUT2D eigenvalue weighted by molar-refractivity contribution is -0.114. The summed E-state index contributed by atoms with van der Waals surface area (Å²) in [4.78, 5) is 15.0. The van der Waals surface area contributed by atoms with Crippen molar-refractivity contribution in [3.8, 4) is 10.6 Å². The number of sulfonamides is 1. The van der Waals surface area contributed by atoms with Gasteiger partial charge >= 0.3 is 0 Å². The molecule has 0 aliphatic carbocycles. The van der Waals surface area contributed by atoms with Crippen LogP contribution in [0.15, 0.2) is 52.7 Å². The van der Waals surface area contributed by atoms with Crippen LogP contribution in [0.3, 0.4) is 0 Å². The molecule has 5 heterocycles. The van der Waals surface area contributed by atoms with Crippen molar-refractivity contribution in [3.63, 3.8) is 0 Å². The number of thiophene rings is 1. The van der Waals surface area contributed by atoms with Gasteiger partial charge in [0, 0.05) is 50.4 Å². The summed E-state index contributed by atoms with van der Waals surface area (Å²) in [6, 6.07) is 12.8. The van der Waals surface area contributed by atoms with Crippen LogP contribution in [0.2, 0.25) is 0 Å². The lowest BCUT2D eigenvalue weighted by Gasteiger charge is -2.49. The van der Waals surface area contributed by atoms with Gasteiger partial charge in [-0.3, -0.25) is 14.4 Å². The van der Waals surface area contributed by atoms with Crippen molar-refractivity contribution in [3.05, 3.63) is 53.5 Å². The molecular weight excluding hydrogens is 470 g/mol. The first-order chi connectivity index (χ1) is 16.3. The van der Waals surface area contributed by atoms with Gasteiger partial charge in [-0.25, -0.2) is 13.1 Å². The molecule has 2 N–H and O–H groups in total. The third-order valence-electron chi connectivity index (χ3n) is 6.94. The molecule has 1 amide bonds.